The second-order valence-corrected chi connectivity index (χ2v) is 3.07. The van der Waals surface area contributed by atoms with Gasteiger partial charge < -0.3 is 0 Å². The van der Waals surface area contributed by atoms with Crippen LogP contribution in [0.4, 0.5) is 11.4 Å². The van der Waals surface area contributed by atoms with Crippen LogP contribution in [0.3, 0.4) is 0 Å². The summed E-state index contributed by atoms with van der Waals surface area (Å²) in [5, 5.41) is 14.4. The first-order valence-electron chi connectivity index (χ1n) is 3.80. The molecule has 0 unspecified atom stereocenters. The summed E-state index contributed by atoms with van der Waals surface area (Å²) in [5.74, 6) is 0. The molecule has 1 aromatic carbocycles. The average Bonchev–Trinajstić information content (AvgIpc) is 2.15. The van der Waals surface area contributed by atoms with Crippen molar-refractivity contribution in [3.63, 3.8) is 0 Å². The Hall–Kier alpha value is -1.62. The van der Waals surface area contributed by atoms with Crippen molar-refractivity contribution in [1.82, 2.24) is 0 Å². The Bertz CT molecular complexity index is 357. The summed E-state index contributed by atoms with van der Waals surface area (Å²) in [7, 11) is 0. The molecule has 5 nitrogen and oxygen atoms in total. The summed E-state index contributed by atoms with van der Waals surface area (Å²) >= 11 is 5.49. The standard InChI is InChI=1S/C8H8ClN3O2/c1-6(9)10-11-7-2-4-8(5-3-7)12(13)14/h2-5,11H,1H3. The van der Waals surface area contributed by atoms with E-state index in [4.69, 9.17) is 11.6 Å². The van der Waals surface area contributed by atoms with E-state index >= 15 is 0 Å². The van der Waals surface area contributed by atoms with Crippen LogP contribution < -0.4 is 5.43 Å². The fourth-order valence-electron chi connectivity index (χ4n) is 0.799. The van der Waals surface area contributed by atoms with Crippen LogP contribution in [-0.4, -0.2) is 10.1 Å². The van der Waals surface area contributed by atoms with Gasteiger partial charge in [-0.2, -0.15) is 5.10 Å². The van der Waals surface area contributed by atoms with Gasteiger partial charge in [0.05, 0.1) is 10.6 Å². The number of anilines is 1. The van der Waals surface area contributed by atoms with Crippen LogP contribution >= 0.6 is 11.6 Å². The zero-order valence-electron chi connectivity index (χ0n) is 7.40. The molecule has 1 aromatic rings. The Morgan fingerprint density at radius 1 is 1.50 bits per heavy atom. The SMILES string of the molecule is CC(Cl)=NNc1ccc([N+](=O)[O-])cc1. The lowest BCUT2D eigenvalue weighted by molar-refractivity contribution is -0.384. The van der Waals surface area contributed by atoms with Gasteiger partial charge in [0.25, 0.3) is 5.69 Å². The molecule has 74 valence electrons. The molecule has 0 saturated heterocycles. The highest BCUT2D eigenvalue weighted by Gasteiger charge is 2.02. The van der Waals surface area contributed by atoms with Gasteiger partial charge in [-0.05, 0) is 19.1 Å². The molecule has 0 fully saturated rings. The normalized spacial score (nSPS) is 11.1. The number of benzene rings is 1. The van der Waals surface area contributed by atoms with E-state index in [9.17, 15) is 10.1 Å². The molecule has 1 N–H and O–H groups in total. The van der Waals surface area contributed by atoms with E-state index in [1.165, 1.54) is 12.1 Å². The first-order chi connectivity index (χ1) is 6.59. The number of nitro groups is 1. The van der Waals surface area contributed by atoms with Crippen molar-refractivity contribution in [2.24, 2.45) is 5.10 Å². The summed E-state index contributed by atoms with van der Waals surface area (Å²) < 4.78 is 0. The van der Waals surface area contributed by atoms with Crippen molar-refractivity contribution >= 4 is 28.1 Å². The van der Waals surface area contributed by atoms with Gasteiger partial charge in [-0.15, -0.1) is 0 Å². The van der Waals surface area contributed by atoms with E-state index in [0.717, 1.165) is 0 Å². The van der Waals surface area contributed by atoms with Gasteiger partial charge >= 0.3 is 0 Å². The highest BCUT2D eigenvalue weighted by molar-refractivity contribution is 6.64. The van der Waals surface area contributed by atoms with E-state index in [0.29, 0.717) is 10.9 Å². The summed E-state index contributed by atoms with van der Waals surface area (Å²) in [6, 6.07) is 5.89. The van der Waals surface area contributed by atoms with Gasteiger partial charge in [0.15, 0.2) is 0 Å². The third-order valence-electron chi connectivity index (χ3n) is 1.42. The summed E-state index contributed by atoms with van der Waals surface area (Å²) in [6.07, 6.45) is 0. The quantitative estimate of drug-likeness (QED) is 0.477. The molecule has 0 bridgehead atoms. The van der Waals surface area contributed by atoms with Gasteiger partial charge in [0.1, 0.15) is 5.17 Å². The van der Waals surface area contributed by atoms with Crippen LogP contribution in [0.15, 0.2) is 29.4 Å². The van der Waals surface area contributed by atoms with Crippen molar-refractivity contribution in [1.29, 1.82) is 0 Å². The Kier molecular flexibility index (Phi) is 3.41. The van der Waals surface area contributed by atoms with Crippen molar-refractivity contribution in [2.75, 3.05) is 5.43 Å². The Balaban J connectivity index is 2.74. The van der Waals surface area contributed by atoms with Gasteiger partial charge in [-0.3, -0.25) is 15.5 Å². The maximum Gasteiger partial charge on any atom is 0.269 e. The molecule has 0 heterocycles. The lowest BCUT2D eigenvalue weighted by Gasteiger charge is -1.98. The lowest BCUT2D eigenvalue weighted by atomic mass is 10.3. The number of hydrogen-bond acceptors (Lipinski definition) is 4. The maximum atomic E-state index is 10.3. The molecule has 0 aliphatic carbocycles. The van der Waals surface area contributed by atoms with Crippen molar-refractivity contribution < 1.29 is 4.92 Å². The Morgan fingerprint density at radius 2 is 2.07 bits per heavy atom. The first kappa shape index (κ1) is 10.5. The maximum absolute atomic E-state index is 10.3. The zero-order valence-corrected chi connectivity index (χ0v) is 8.15. The number of rotatable bonds is 3. The fourth-order valence-corrected chi connectivity index (χ4v) is 0.842. The number of nitrogens with one attached hydrogen (secondary N) is 1. The minimum Gasteiger partial charge on any atom is -0.277 e. The van der Waals surface area contributed by atoms with Gasteiger partial charge in [0, 0.05) is 12.1 Å². The van der Waals surface area contributed by atoms with Crippen molar-refractivity contribution in [2.45, 2.75) is 6.92 Å². The summed E-state index contributed by atoms with van der Waals surface area (Å²) in [6.45, 7) is 1.62. The predicted octanol–water partition coefficient (Wildman–Crippen LogP) is 2.58. The van der Waals surface area contributed by atoms with E-state index in [1.807, 2.05) is 0 Å². The molecule has 0 atom stereocenters. The van der Waals surface area contributed by atoms with Gasteiger partial charge in [-0.1, -0.05) is 11.6 Å². The molecule has 0 radical (unpaired) electrons. The average molecular weight is 214 g/mol. The molecule has 0 spiro atoms. The molecule has 0 aliphatic rings. The summed E-state index contributed by atoms with van der Waals surface area (Å²) in [4.78, 5) is 9.86. The number of hydrazone groups is 1. The number of halogens is 1. The second kappa shape index (κ2) is 4.57. The van der Waals surface area contributed by atoms with Gasteiger partial charge in [0.2, 0.25) is 0 Å². The molecule has 14 heavy (non-hydrogen) atoms. The predicted molar refractivity (Wildman–Crippen MR) is 55.7 cm³/mol. The highest BCUT2D eigenvalue weighted by atomic mass is 35.5. The molecule has 0 amide bonds. The highest BCUT2D eigenvalue weighted by Crippen LogP contribution is 2.15. The van der Waals surface area contributed by atoms with Crippen LogP contribution in [0.1, 0.15) is 6.92 Å². The minimum absolute atomic E-state index is 0.0436. The van der Waals surface area contributed by atoms with Gasteiger partial charge in [-0.25, -0.2) is 0 Å². The third kappa shape index (κ3) is 3.02. The second-order valence-electron chi connectivity index (χ2n) is 2.52. The van der Waals surface area contributed by atoms with E-state index in [2.05, 4.69) is 10.5 Å². The van der Waals surface area contributed by atoms with Crippen LogP contribution in [0, 0.1) is 10.1 Å². The minimum atomic E-state index is -0.458. The molecule has 0 aromatic heterocycles. The monoisotopic (exact) mass is 213 g/mol. The van der Waals surface area contributed by atoms with Crippen LogP contribution in [0.25, 0.3) is 0 Å². The topological polar surface area (TPSA) is 67.5 Å². The lowest BCUT2D eigenvalue weighted by Crippen LogP contribution is -1.92. The Labute approximate surface area is 85.5 Å². The molecular formula is C8H8ClN3O2. The number of nitrogens with zero attached hydrogens (tertiary/aromatic N) is 2. The van der Waals surface area contributed by atoms with E-state index in [1.54, 1.807) is 19.1 Å². The van der Waals surface area contributed by atoms with Crippen LogP contribution in [0.5, 0.6) is 0 Å². The number of hydrogen-bond donors (Lipinski definition) is 1. The van der Waals surface area contributed by atoms with Crippen LogP contribution in [-0.2, 0) is 0 Å². The van der Waals surface area contributed by atoms with Crippen LogP contribution in [0.2, 0.25) is 0 Å². The zero-order chi connectivity index (χ0) is 10.6. The molecule has 0 saturated carbocycles. The molecule has 6 heteroatoms. The Morgan fingerprint density at radius 3 is 2.50 bits per heavy atom. The molecule has 0 aliphatic heterocycles. The fraction of sp³-hybridized carbons (Fsp3) is 0.125. The largest absolute Gasteiger partial charge is 0.277 e. The number of nitro benzene ring substituents is 1. The molecule has 1 rings (SSSR count). The molecular weight excluding hydrogens is 206 g/mol. The first-order valence-corrected chi connectivity index (χ1v) is 4.17. The van der Waals surface area contributed by atoms with E-state index < -0.39 is 4.92 Å². The van der Waals surface area contributed by atoms with E-state index in [-0.39, 0.29) is 5.69 Å². The smallest absolute Gasteiger partial charge is 0.269 e. The summed E-state index contributed by atoms with van der Waals surface area (Å²) in [5.41, 5.74) is 3.34. The van der Waals surface area contributed by atoms with Crippen molar-refractivity contribution in [3.05, 3.63) is 34.4 Å². The van der Waals surface area contributed by atoms with Crippen molar-refractivity contribution in [3.8, 4) is 0 Å². The third-order valence-corrected chi connectivity index (χ3v) is 1.50. The number of non-ortho nitro benzene ring substituents is 1.